The summed E-state index contributed by atoms with van der Waals surface area (Å²) in [4.78, 5) is 52.7. The maximum atomic E-state index is 12.7. The summed E-state index contributed by atoms with van der Waals surface area (Å²) in [6.07, 6.45) is 49.7. The fourth-order valence-corrected chi connectivity index (χ4v) is 6.19. The third-order valence-corrected chi connectivity index (χ3v) is 9.85. The van der Waals surface area contributed by atoms with E-state index in [1.54, 1.807) is 6.08 Å². The highest BCUT2D eigenvalue weighted by Gasteiger charge is 2.28. The van der Waals surface area contributed by atoms with Gasteiger partial charge in [-0.3, -0.25) is 23.2 Å². The molecule has 2 unspecified atom stereocenters. The van der Waals surface area contributed by atoms with Crippen molar-refractivity contribution in [2.45, 2.75) is 141 Å². The molecule has 0 aliphatic heterocycles. The first-order valence-corrected chi connectivity index (χ1v) is 25.4. The Kier molecular flexibility index (Phi) is 39.8. The Hall–Kier alpha value is -3.52. The first-order valence-electron chi connectivity index (χ1n) is 22.3. The molecule has 0 aliphatic carbocycles. The molecule has 14 nitrogen and oxygen atoms in total. The van der Waals surface area contributed by atoms with Crippen LogP contribution in [0, 0.1) is 0 Å². The van der Waals surface area contributed by atoms with E-state index in [0.29, 0.717) is 32.1 Å². The number of phosphoric ester groups is 2. The summed E-state index contributed by atoms with van der Waals surface area (Å²) in [6.45, 7) is 1.34. The van der Waals surface area contributed by atoms with Crippen molar-refractivity contribution in [1.29, 1.82) is 0 Å². The molecule has 0 saturated carbocycles. The van der Waals surface area contributed by atoms with E-state index in [-0.39, 0.29) is 12.8 Å². The SMILES string of the molecule is CC/C=C\CC(O)/C=C/C=C/C/C=C\C/C=C\C/C=C\CCC(=O)OC[C@H](COP(=O)(O)OC[C@@H](O)COP(=O)(O)O)OC(=O)CCC/C=C\C/C=C\C/C=C\C/C=C\CCCCC. The molecule has 0 aromatic carbocycles. The van der Waals surface area contributed by atoms with Crippen LogP contribution in [0.3, 0.4) is 0 Å². The van der Waals surface area contributed by atoms with Crippen LogP contribution in [-0.2, 0) is 41.8 Å². The average Bonchev–Trinajstić information content (AvgIpc) is 3.25. The van der Waals surface area contributed by atoms with E-state index >= 15 is 0 Å². The number of carbonyl (C=O) groups excluding carboxylic acids is 2. The molecule has 16 heteroatoms. The molecule has 0 saturated heterocycles. The van der Waals surface area contributed by atoms with Crippen LogP contribution in [0.25, 0.3) is 0 Å². The lowest BCUT2D eigenvalue weighted by Gasteiger charge is -2.20. The van der Waals surface area contributed by atoms with Crippen LogP contribution in [0.15, 0.2) is 122 Å². The Morgan fingerprint density at radius 3 is 1.61 bits per heavy atom. The topological polar surface area (TPSA) is 216 Å². The number of allylic oxidation sites excluding steroid dienone is 18. The van der Waals surface area contributed by atoms with Gasteiger partial charge in [-0.15, -0.1) is 0 Å². The Labute approximate surface area is 382 Å². The van der Waals surface area contributed by atoms with Crippen LogP contribution in [0.4, 0.5) is 0 Å². The van der Waals surface area contributed by atoms with Crippen LogP contribution >= 0.6 is 15.6 Å². The van der Waals surface area contributed by atoms with Gasteiger partial charge in [0.1, 0.15) is 12.7 Å². The van der Waals surface area contributed by atoms with Crippen molar-refractivity contribution >= 4 is 27.6 Å². The molecule has 0 aromatic rings. The van der Waals surface area contributed by atoms with Gasteiger partial charge in [0.25, 0.3) is 0 Å². The van der Waals surface area contributed by atoms with Gasteiger partial charge >= 0.3 is 27.6 Å². The number of hydrogen-bond acceptors (Lipinski definition) is 11. The largest absolute Gasteiger partial charge is 0.472 e. The molecule has 5 N–H and O–H groups in total. The van der Waals surface area contributed by atoms with Gasteiger partial charge in [0, 0.05) is 12.8 Å². The zero-order valence-electron chi connectivity index (χ0n) is 37.9. The summed E-state index contributed by atoms with van der Waals surface area (Å²) in [5.74, 6) is -1.23. The normalized spacial score (nSPS) is 15.5. The monoisotopic (exact) mass is 938 g/mol. The minimum atomic E-state index is -4.89. The van der Waals surface area contributed by atoms with Crippen molar-refractivity contribution < 1.29 is 66.7 Å². The molecular formula is C48H76O14P2. The molecule has 0 fully saturated rings. The van der Waals surface area contributed by atoms with Gasteiger partial charge in [-0.2, -0.15) is 0 Å². The number of ether oxygens (including phenoxy) is 2. The fourth-order valence-electron chi connectivity index (χ4n) is 5.04. The highest BCUT2D eigenvalue weighted by Crippen LogP contribution is 2.43. The van der Waals surface area contributed by atoms with Gasteiger partial charge in [-0.25, -0.2) is 9.13 Å². The maximum absolute atomic E-state index is 12.7. The first-order chi connectivity index (χ1) is 30.8. The fraction of sp³-hybridized carbons (Fsp3) is 0.542. The Bertz CT molecular complexity index is 1600. The summed E-state index contributed by atoms with van der Waals surface area (Å²) in [5, 5.41) is 19.6. The summed E-state index contributed by atoms with van der Waals surface area (Å²) in [6, 6.07) is 0. The van der Waals surface area contributed by atoms with E-state index in [1.807, 2.05) is 66.8 Å². The molecule has 4 atom stereocenters. The molecule has 0 aliphatic rings. The summed E-state index contributed by atoms with van der Waals surface area (Å²) in [7, 11) is -9.74. The summed E-state index contributed by atoms with van der Waals surface area (Å²) in [5.41, 5.74) is 0. The van der Waals surface area contributed by atoms with E-state index in [9.17, 15) is 33.8 Å². The Morgan fingerprint density at radius 1 is 0.531 bits per heavy atom. The quantitative estimate of drug-likeness (QED) is 0.0127. The third kappa shape index (κ3) is 45.1. The average molecular weight is 939 g/mol. The molecule has 0 rings (SSSR count). The number of aliphatic hydroxyl groups is 2. The van der Waals surface area contributed by atoms with Gasteiger partial charge < -0.3 is 34.4 Å². The van der Waals surface area contributed by atoms with Gasteiger partial charge in [0.15, 0.2) is 6.10 Å². The molecule has 0 bridgehead atoms. The van der Waals surface area contributed by atoms with E-state index in [4.69, 9.17) is 23.8 Å². The van der Waals surface area contributed by atoms with Crippen LogP contribution < -0.4 is 0 Å². The van der Waals surface area contributed by atoms with Crippen molar-refractivity contribution in [3.8, 4) is 0 Å². The standard InChI is InChI=1S/C48H76O14P2/c1-3-5-7-8-9-10-11-12-13-14-15-18-22-25-28-31-35-39-48(52)62-46(43-61-64(56,57)60-41-45(50)40-59-63(53,54)55)42-58-47(51)38-34-30-27-24-21-19-16-17-20-23-26-29-33-37-44(49)36-32-6-4-2/h6,9-10,12-13,15,17-21,25-30,32-33,37,44-46,49-50H,3-5,7-8,11,14,16,22-24,31,34-36,38-43H2,1-2H3,(H,56,57)(H2,53,54,55)/b10-9-,13-12-,18-15-,20-17-,21-19-,28-25-,29-26+,30-27-,32-6-,37-33+/t44?,45-,46+/m0/s1. The second-order valence-corrected chi connectivity index (χ2v) is 17.1. The van der Waals surface area contributed by atoms with Crippen molar-refractivity contribution in [3.05, 3.63) is 122 Å². The number of carbonyl (C=O) groups is 2. The van der Waals surface area contributed by atoms with Crippen LogP contribution in [0.5, 0.6) is 0 Å². The Morgan fingerprint density at radius 2 is 1.05 bits per heavy atom. The number of hydrogen-bond donors (Lipinski definition) is 5. The van der Waals surface area contributed by atoms with Crippen LogP contribution in [0.2, 0.25) is 0 Å². The third-order valence-electron chi connectivity index (χ3n) is 8.42. The molecule has 0 radical (unpaired) electrons. The second-order valence-electron chi connectivity index (χ2n) is 14.4. The minimum Gasteiger partial charge on any atom is -0.462 e. The zero-order valence-corrected chi connectivity index (χ0v) is 39.7. The molecule has 362 valence electrons. The molecule has 0 heterocycles. The molecule has 0 spiro atoms. The van der Waals surface area contributed by atoms with E-state index in [0.717, 1.165) is 44.9 Å². The number of rotatable bonds is 40. The summed E-state index contributed by atoms with van der Waals surface area (Å²) < 4.78 is 47.6. The lowest BCUT2D eigenvalue weighted by Crippen LogP contribution is -2.29. The minimum absolute atomic E-state index is 0.0243. The predicted molar refractivity (Wildman–Crippen MR) is 254 cm³/mol. The van der Waals surface area contributed by atoms with Gasteiger partial charge in [-0.05, 0) is 83.5 Å². The van der Waals surface area contributed by atoms with Crippen LogP contribution in [-0.4, -0.2) is 81.6 Å². The lowest BCUT2D eigenvalue weighted by atomic mass is 10.2. The van der Waals surface area contributed by atoms with E-state index < -0.39 is 72.3 Å². The highest BCUT2D eigenvalue weighted by molar-refractivity contribution is 7.47. The number of aliphatic hydroxyl groups excluding tert-OH is 2. The van der Waals surface area contributed by atoms with Crippen molar-refractivity contribution in [1.82, 2.24) is 0 Å². The van der Waals surface area contributed by atoms with Crippen molar-refractivity contribution in [3.63, 3.8) is 0 Å². The smallest absolute Gasteiger partial charge is 0.462 e. The number of phosphoric acid groups is 2. The molecule has 0 amide bonds. The van der Waals surface area contributed by atoms with Gasteiger partial charge in [-0.1, -0.05) is 148 Å². The van der Waals surface area contributed by atoms with Gasteiger partial charge in [0.2, 0.25) is 0 Å². The zero-order chi connectivity index (χ0) is 47.4. The van der Waals surface area contributed by atoms with Crippen LogP contribution in [0.1, 0.15) is 123 Å². The molecule has 0 aromatic heterocycles. The number of unbranched alkanes of at least 4 members (excludes halogenated alkanes) is 4. The highest BCUT2D eigenvalue weighted by atomic mass is 31.2. The molecule has 64 heavy (non-hydrogen) atoms. The van der Waals surface area contributed by atoms with E-state index in [1.165, 1.54) is 19.3 Å². The summed E-state index contributed by atoms with van der Waals surface area (Å²) >= 11 is 0. The van der Waals surface area contributed by atoms with Gasteiger partial charge in [0.05, 0.1) is 25.9 Å². The predicted octanol–water partition coefficient (Wildman–Crippen LogP) is 10.6. The van der Waals surface area contributed by atoms with Crippen molar-refractivity contribution in [2.24, 2.45) is 0 Å². The number of esters is 2. The van der Waals surface area contributed by atoms with Crippen molar-refractivity contribution in [2.75, 3.05) is 26.4 Å². The second kappa shape index (κ2) is 42.1. The maximum Gasteiger partial charge on any atom is 0.472 e. The molecular weight excluding hydrogens is 862 g/mol. The lowest BCUT2D eigenvalue weighted by molar-refractivity contribution is -0.161. The van der Waals surface area contributed by atoms with E-state index in [2.05, 4.69) is 71.5 Å². The Balaban J connectivity index is 4.77. The first kappa shape index (κ1) is 60.5.